The molecule has 0 atom stereocenters. The van der Waals surface area contributed by atoms with Crippen molar-refractivity contribution in [1.82, 2.24) is 14.7 Å². The SMILES string of the molecule is CCN(CC(=O)Nc1cc(C(C)(C)C)nn1C(C)(C)C)C(=O)Nc1cccc(OC)c1. The number of hydrogen-bond acceptors (Lipinski definition) is 4. The minimum absolute atomic E-state index is 0.0769. The van der Waals surface area contributed by atoms with Crippen LogP contribution in [0, 0.1) is 0 Å². The summed E-state index contributed by atoms with van der Waals surface area (Å²) >= 11 is 0. The first-order chi connectivity index (χ1) is 14.3. The van der Waals surface area contributed by atoms with Crippen LogP contribution in [-0.2, 0) is 15.7 Å². The van der Waals surface area contributed by atoms with Crippen LogP contribution >= 0.6 is 0 Å². The molecule has 2 N–H and O–H groups in total. The van der Waals surface area contributed by atoms with Crippen LogP contribution in [0.5, 0.6) is 5.75 Å². The summed E-state index contributed by atoms with van der Waals surface area (Å²) in [5, 5.41) is 10.4. The second-order valence-electron chi connectivity index (χ2n) is 9.47. The predicted molar refractivity (Wildman–Crippen MR) is 124 cm³/mol. The number of nitrogens with zero attached hydrogens (tertiary/aromatic N) is 3. The van der Waals surface area contributed by atoms with Gasteiger partial charge in [0.25, 0.3) is 0 Å². The number of likely N-dealkylation sites (N-methyl/N-ethyl adjacent to an activating group) is 1. The first-order valence-corrected chi connectivity index (χ1v) is 10.5. The molecule has 1 aromatic heterocycles. The highest BCUT2D eigenvalue weighted by molar-refractivity contribution is 5.96. The van der Waals surface area contributed by atoms with Crippen molar-refractivity contribution in [2.45, 2.75) is 59.4 Å². The number of nitrogens with one attached hydrogen (secondary N) is 2. The summed E-state index contributed by atoms with van der Waals surface area (Å²) in [5.74, 6) is 0.976. The number of hydrogen-bond donors (Lipinski definition) is 2. The van der Waals surface area contributed by atoms with Crippen molar-refractivity contribution < 1.29 is 14.3 Å². The van der Waals surface area contributed by atoms with Crippen LogP contribution in [0.1, 0.15) is 54.2 Å². The van der Waals surface area contributed by atoms with E-state index < -0.39 is 0 Å². The lowest BCUT2D eigenvalue weighted by atomic mass is 9.92. The van der Waals surface area contributed by atoms with Crippen LogP contribution in [0.25, 0.3) is 0 Å². The Morgan fingerprint density at radius 1 is 1.10 bits per heavy atom. The Kier molecular flexibility index (Phi) is 7.36. The smallest absolute Gasteiger partial charge is 0.322 e. The molecule has 0 aliphatic heterocycles. The highest BCUT2D eigenvalue weighted by Crippen LogP contribution is 2.28. The van der Waals surface area contributed by atoms with E-state index in [1.54, 1.807) is 31.4 Å². The van der Waals surface area contributed by atoms with Crippen LogP contribution in [0.4, 0.5) is 16.3 Å². The van der Waals surface area contributed by atoms with E-state index >= 15 is 0 Å². The third kappa shape index (κ3) is 6.47. The second-order valence-corrected chi connectivity index (χ2v) is 9.47. The van der Waals surface area contributed by atoms with Gasteiger partial charge in [-0.3, -0.25) is 4.79 Å². The number of carbonyl (C=O) groups excluding carboxylic acids is 2. The van der Waals surface area contributed by atoms with E-state index in [4.69, 9.17) is 9.84 Å². The fourth-order valence-electron chi connectivity index (χ4n) is 2.93. The van der Waals surface area contributed by atoms with Crippen molar-refractivity contribution >= 4 is 23.4 Å². The van der Waals surface area contributed by atoms with E-state index in [-0.39, 0.29) is 29.4 Å². The molecule has 0 spiro atoms. The fraction of sp³-hybridized carbons (Fsp3) is 0.522. The van der Waals surface area contributed by atoms with Gasteiger partial charge in [-0.1, -0.05) is 26.8 Å². The quantitative estimate of drug-likeness (QED) is 0.711. The zero-order valence-corrected chi connectivity index (χ0v) is 19.9. The van der Waals surface area contributed by atoms with Crippen LogP contribution in [0.15, 0.2) is 30.3 Å². The Morgan fingerprint density at radius 3 is 2.32 bits per heavy atom. The average molecular weight is 430 g/mol. The molecule has 0 radical (unpaired) electrons. The lowest BCUT2D eigenvalue weighted by molar-refractivity contribution is -0.116. The van der Waals surface area contributed by atoms with Gasteiger partial charge in [-0.05, 0) is 39.8 Å². The van der Waals surface area contributed by atoms with Gasteiger partial charge in [0, 0.05) is 29.8 Å². The molecule has 1 aromatic carbocycles. The van der Waals surface area contributed by atoms with E-state index in [0.717, 1.165) is 5.69 Å². The predicted octanol–water partition coefficient (Wildman–Crippen LogP) is 4.44. The van der Waals surface area contributed by atoms with Gasteiger partial charge in [0.1, 0.15) is 18.1 Å². The van der Waals surface area contributed by atoms with Crippen LogP contribution in [0.3, 0.4) is 0 Å². The minimum atomic E-state index is -0.356. The lowest BCUT2D eigenvalue weighted by Gasteiger charge is -2.24. The number of methoxy groups -OCH3 is 1. The normalized spacial score (nSPS) is 11.7. The van der Waals surface area contributed by atoms with Crippen molar-refractivity contribution in [3.63, 3.8) is 0 Å². The van der Waals surface area contributed by atoms with Crippen LogP contribution < -0.4 is 15.4 Å². The molecule has 2 aromatic rings. The number of ether oxygens (including phenoxy) is 1. The first kappa shape index (κ1) is 24.2. The maximum Gasteiger partial charge on any atom is 0.322 e. The summed E-state index contributed by atoms with van der Waals surface area (Å²) in [7, 11) is 1.57. The second kappa shape index (κ2) is 9.41. The highest BCUT2D eigenvalue weighted by atomic mass is 16.5. The van der Waals surface area contributed by atoms with E-state index in [9.17, 15) is 9.59 Å². The number of urea groups is 1. The Balaban J connectivity index is 2.12. The maximum absolute atomic E-state index is 12.8. The summed E-state index contributed by atoms with van der Waals surface area (Å²) in [6.45, 7) is 14.5. The van der Waals surface area contributed by atoms with Crippen molar-refractivity contribution in [3.8, 4) is 5.75 Å². The largest absolute Gasteiger partial charge is 0.497 e. The number of benzene rings is 1. The molecule has 2 rings (SSSR count). The Morgan fingerprint density at radius 2 is 1.77 bits per heavy atom. The third-order valence-corrected chi connectivity index (χ3v) is 4.71. The number of amides is 3. The van der Waals surface area contributed by atoms with Crippen LogP contribution in [-0.4, -0.2) is 46.8 Å². The molecular formula is C23H35N5O3. The number of rotatable bonds is 6. The van der Waals surface area contributed by atoms with Gasteiger partial charge in [-0.2, -0.15) is 5.10 Å². The fourth-order valence-corrected chi connectivity index (χ4v) is 2.93. The van der Waals surface area contributed by atoms with Gasteiger partial charge in [0.15, 0.2) is 0 Å². The number of anilines is 2. The molecule has 0 bridgehead atoms. The summed E-state index contributed by atoms with van der Waals surface area (Å²) < 4.78 is 7.00. The highest BCUT2D eigenvalue weighted by Gasteiger charge is 2.26. The van der Waals surface area contributed by atoms with Crippen LogP contribution in [0.2, 0.25) is 0 Å². The van der Waals surface area contributed by atoms with Gasteiger partial charge >= 0.3 is 6.03 Å². The van der Waals surface area contributed by atoms with E-state index in [2.05, 4.69) is 31.4 Å². The topological polar surface area (TPSA) is 88.5 Å². The van der Waals surface area contributed by atoms with Gasteiger partial charge < -0.3 is 20.3 Å². The summed E-state index contributed by atoms with van der Waals surface area (Å²) in [5.41, 5.74) is 1.03. The zero-order chi connectivity index (χ0) is 23.4. The van der Waals surface area contributed by atoms with E-state index in [1.807, 2.05) is 38.4 Å². The molecule has 8 nitrogen and oxygen atoms in total. The molecule has 0 aliphatic rings. The third-order valence-electron chi connectivity index (χ3n) is 4.71. The molecule has 170 valence electrons. The standard InChI is InChI=1S/C23H35N5O3/c1-9-27(21(30)24-16-11-10-12-17(13-16)31-8)15-20(29)25-19-14-18(22(2,3)4)26-28(19)23(5,6)7/h10-14H,9,15H2,1-8H3,(H,24,30)(H,25,29). The average Bonchev–Trinajstić information content (AvgIpc) is 3.10. The molecule has 0 unspecified atom stereocenters. The van der Waals surface area contributed by atoms with Gasteiger partial charge in [-0.15, -0.1) is 0 Å². The molecular weight excluding hydrogens is 394 g/mol. The Hall–Kier alpha value is -3.03. The monoisotopic (exact) mass is 429 g/mol. The molecule has 0 aliphatic carbocycles. The van der Waals surface area contributed by atoms with Gasteiger partial charge in [-0.25, -0.2) is 9.48 Å². The zero-order valence-electron chi connectivity index (χ0n) is 19.9. The van der Waals surface area contributed by atoms with Crippen molar-refractivity contribution in [2.75, 3.05) is 30.8 Å². The Bertz CT molecular complexity index is 922. The minimum Gasteiger partial charge on any atom is -0.497 e. The maximum atomic E-state index is 12.8. The molecule has 0 fully saturated rings. The Labute approximate surface area is 185 Å². The van der Waals surface area contributed by atoms with Gasteiger partial charge in [0.05, 0.1) is 18.3 Å². The van der Waals surface area contributed by atoms with Crippen molar-refractivity contribution in [3.05, 3.63) is 36.0 Å². The van der Waals surface area contributed by atoms with E-state index in [1.165, 1.54) is 4.90 Å². The van der Waals surface area contributed by atoms with Crippen molar-refractivity contribution in [1.29, 1.82) is 0 Å². The lowest BCUT2D eigenvalue weighted by Crippen LogP contribution is -2.41. The number of aromatic nitrogens is 2. The van der Waals surface area contributed by atoms with E-state index in [0.29, 0.717) is 23.8 Å². The molecule has 8 heteroatoms. The summed E-state index contributed by atoms with van der Waals surface area (Å²) in [6.07, 6.45) is 0. The molecule has 3 amide bonds. The first-order valence-electron chi connectivity index (χ1n) is 10.5. The molecule has 1 heterocycles. The van der Waals surface area contributed by atoms with Gasteiger partial charge in [0.2, 0.25) is 5.91 Å². The summed E-state index contributed by atoms with van der Waals surface area (Å²) in [4.78, 5) is 26.9. The molecule has 0 saturated carbocycles. The summed E-state index contributed by atoms with van der Waals surface area (Å²) in [6, 6.07) is 8.62. The molecule has 31 heavy (non-hydrogen) atoms. The number of carbonyl (C=O) groups is 2. The molecule has 0 saturated heterocycles. The van der Waals surface area contributed by atoms with Crippen molar-refractivity contribution in [2.24, 2.45) is 0 Å².